The molecule has 1 aromatic carbocycles. The number of hydrogen-bond acceptors (Lipinski definition) is 2. The summed E-state index contributed by atoms with van der Waals surface area (Å²) in [7, 11) is 1.73. The Bertz CT molecular complexity index is 335. The molecule has 0 aromatic heterocycles. The van der Waals surface area contributed by atoms with E-state index >= 15 is 0 Å². The Morgan fingerprint density at radius 1 is 1.47 bits per heavy atom. The second-order valence-corrected chi connectivity index (χ2v) is 4.11. The van der Waals surface area contributed by atoms with Gasteiger partial charge in [0.25, 0.3) is 0 Å². The van der Waals surface area contributed by atoms with E-state index in [4.69, 9.17) is 4.74 Å². The molecule has 15 heavy (non-hydrogen) atoms. The van der Waals surface area contributed by atoms with Gasteiger partial charge in [0.1, 0.15) is 5.75 Å². The summed E-state index contributed by atoms with van der Waals surface area (Å²) in [5.74, 6) is 0.971. The fourth-order valence-corrected chi connectivity index (χ4v) is 2.24. The molecule has 2 nitrogen and oxygen atoms in total. The number of nitrogens with one attached hydrogen (secondary N) is 1. The number of ether oxygens (including phenoxy) is 1. The van der Waals surface area contributed by atoms with Gasteiger partial charge in [-0.1, -0.05) is 13.0 Å². The maximum atomic E-state index is 5.26. The topological polar surface area (TPSA) is 21.3 Å². The summed E-state index contributed by atoms with van der Waals surface area (Å²) in [5, 5.41) is 3.58. The van der Waals surface area contributed by atoms with Crippen molar-refractivity contribution in [3.05, 3.63) is 29.3 Å². The zero-order valence-electron chi connectivity index (χ0n) is 9.55. The van der Waals surface area contributed by atoms with Crippen molar-refractivity contribution in [2.75, 3.05) is 13.7 Å². The lowest BCUT2D eigenvalue weighted by Crippen LogP contribution is -2.19. The number of methoxy groups -OCH3 is 1. The zero-order chi connectivity index (χ0) is 10.7. The predicted molar refractivity (Wildman–Crippen MR) is 62.3 cm³/mol. The second-order valence-electron chi connectivity index (χ2n) is 4.11. The molecule has 2 heteroatoms. The Labute approximate surface area is 91.6 Å². The van der Waals surface area contributed by atoms with Crippen LogP contribution in [0.3, 0.4) is 0 Å². The highest BCUT2D eigenvalue weighted by atomic mass is 16.5. The summed E-state index contributed by atoms with van der Waals surface area (Å²) in [6.07, 6.45) is 3.61. The van der Waals surface area contributed by atoms with Crippen LogP contribution >= 0.6 is 0 Å². The van der Waals surface area contributed by atoms with Crippen molar-refractivity contribution in [1.29, 1.82) is 0 Å². The average molecular weight is 205 g/mol. The minimum absolute atomic E-state index is 0.537. The van der Waals surface area contributed by atoms with E-state index in [2.05, 4.69) is 30.4 Å². The Balaban J connectivity index is 2.16. The largest absolute Gasteiger partial charge is 0.497 e. The van der Waals surface area contributed by atoms with E-state index in [0.29, 0.717) is 6.04 Å². The molecular weight excluding hydrogens is 186 g/mol. The molecule has 1 N–H and O–H groups in total. The molecule has 0 radical (unpaired) electrons. The van der Waals surface area contributed by atoms with Gasteiger partial charge in [0, 0.05) is 6.04 Å². The van der Waals surface area contributed by atoms with Crippen LogP contribution in [0.1, 0.15) is 36.9 Å². The van der Waals surface area contributed by atoms with Crippen LogP contribution in [0.4, 0.5) is 0 Å². The smallest absolute Gasteiger partial charge is 0.119 e. The van der Waals surface area contributed by atoms with E-state index in [9.17, 15) is 0 Å². The number of fused-ring (bicyclic) bond motifs is 1. The quantitative estimate of drug-likeness (QED) is 0.816. The minimum Gasteiger partial charge on any atom is -0.497 e. The van der Waals surface area contributed by atoms with Crippen molar-refractivity contribution >= 4 is 0 Å². The fourth-order valence-electron chi connectivity index (χ4n) is 2.24. The van der Waals surface area contributed by atoms with Gasteiger partial charge in [-0.15, -0.1) is 0 Å². The second kappa shape index (κ2) is 4.67. The third kappa shape index (κ3) is 2.15. The lowest BCUT2D eigenvalue weighted by molar-refractivity contribution is 0.413. The first kappa shape index (κ1) is 10.5. The van der Waals surface area contributed by atoms with Crippen molar-refractivity contribution in [2.24, 2.45) is 0 Å². The van der Waals surface area contributed by atoms with Crippen molar-refractivity contribution < 1.29 is 4.74 Å². The minimum atomic E-state index is 0.537. The Kier molecular flexibility index (Phi) is 3.27. The molecule has 0 aliphatic heterocycles. The summed E-state index contributed by atoms with van der Waals surface area (Å²) in [6.45, 7) is 3.30. The molecular formula is C13H19NO. The molecule has 0 amide bonds. The molecule has 0 spiro atoms. The monoisotopic (exact) mass is 205 g/mol. The molecule has 1 aromatic rings. The van der Waals surface area contributed by atoms with Gasteiger partial charge in [-0.2, -0.15) is 0 Å². The summed E-state index contributed by atoms with van der Waals surface area (Å²) < 4.78 is 5.26. The molecule has 2 rings (SSSR count). The van der Waals surface area contributed by atoms with Crippen LogP contribution in [0, 0.1) is 0 Å². The van der Waals surface area contributed by atoms with E-state index < -0.39 is 0 Å². The molecule has 0 bridgehead atoms. The molecule has 82 valence electrons. The maximum Gasteiger partial charge on any atom is 0.119 e. The van der Waals surface area contributed by atoms with Crippen molar-refractivity contribution in [3.8, 4) is 5.75 Å². The van der Waals surface area contributed by atoms with E-state index in [1.54, 1.807) is 7.11 Å². The number of rotatable bonds is 4. The normalized spacial score (nSPS) is 18.9. The molecule has 0 fully saturated rings. The molecule has 0 saturated heterocycles. The number of benzene rings is 1. The van der Waals surface area contributed by atoms with Crippen LogP contribution in [-0.2, 0) is 6.42 Å². The van der Waals surface area contributed by atoms with Crippen LogP contribution in [0.5, 0.6) is 5.75 Å². The van der Waals surface area contributed by atoms with Gasteiger partial charge in [-0.3, -0.25) is 0 Å². The maximum absolute atomic E-state index is 5.26. The molecule has 0 heterocycles. The molecule has 1 aliphatic carbocycles. The van der Waals surface area contributed by atoms with Gasteiger partial charge in [-0.25, -0.2) is 0 Å². The predicted octanol–water partition coefficient (Wildman–Crippen LogP) is 2.68. The first-order valence-electron chi connectivity index (χ1n) is 5.75. The standard InChI is InChI=1S/C13H19NO/c1-3-8-14-13-7-5-10-4-6-11(15-2)9-12(10)13/h4,6,9,13-14H,3,5,7-8H2,1-2H3. The summed E-state index contributed by atoms with van der Waals surface area (Å²) in [6, 6.07) is 6.97. The Morgan fingerprint density at radius 2 is 2.33 bits per heavy atom. The average Bonchev–Trinajstić information content (AvgIpc) is 2.68. The van der Waals surface area contributed by atoms with Crippen LogP contribution in [0.15, 0.2) is 18.2 Å². The Morgan fingerprint density at radius 3 is 3.07 bits per heavy atom. The lowest BCUT2D eigenvalue weighted by Gasteiger charge is -2.13. The van der Waals surface area contributed by atoms with E-state index in [1.165, 1.54) is 30.4 Å². The van der Waals surface area contributed by atoms with Gasteiger partial charge in [-0.05, 0) is 49.1 Å². The summed E-state index contributed by atoms with van der Waals surface area (Å²) >= 11 is 0. The van der Waals surface area contributed by atoms with Gasteiger partial charge in [0.2, 0.25) is 0 Å². The molecule has 1 aliphatic rings. The third-order valence-electron chi connectivity index (χ3n) is 3.07. The highest BCUT2D eigenvalue weighted by Crippen LogP contribution is 2.33. The van der Waals surface area contributed by atoms with E-state index in [-0.39, 0.29) is 0 Å². The highest BCUT2D eigenvalue weighted by Gasteiger charge is 2.21. The van der Waals surface area contributed by atoms with Crippen LogP contribution in [0.25, 0.3) is 0 Å². The van der Waals surface area contributed by atoms with Gasteiger partial charge >= 0.3 is 0 Å². The Hall–Kier alpha value is -1.02. The number of aryl methyl sites for hydroxylation is 1. The first-order chi connectivity index (χ1) is 7.35. The molecule has 0 saturated carbocycles. The summed E-state index contributed by atoms with van der Waals surface area (Å²) in [5.41, 5.74) is 2.91. The lowest BCUT2D eigenvalue weighted by atomic mass is 10.1. The first-order valence-corrected chi connectivity index (χ1v) is 5.75. The van der Waals surface area contributed by atoms with Crippen molar-refractivity contribution in [3.63, 3.8) is 0 Å². The third-order valence-corrected chi connectivity index (χ3v) is 3.07. The summed E-state index contributed by atoms with van der Waals surface area (Å²) in [4.78, 5) is 0. The van der Waals surface area contributed by atoms with Gasteiger partial charge < -0.3 is 10.1 Å². The molecule has 1 atom stereocenters. The number of hydrogen-bond donors (Lipinski definition) is 1. The van der Waals surface area contributed by atoms with Crippen LogP contribution in [-0.4, -0.2) is 13.7 Å². The zero-order valence-corrected chi connectivity index (χ0v) is 9.55. The van der Waals surface area contributed by atoms with Gasteiger partial charge in [0.05, 0.1) is 7.11 Å². The SMILES string of the molecule is CCCNC1CCc2ccc(OC)cc21. The van der Waals surface area contributed by atoms with E-state index in [1.807, 2.05) is 0 Å². The van der Waals surface area contributed by atoms with Crippen LogP contribution in [0.2, 0.25) is 0 Å². The van der Waals surface area contributed by atoms with E-state index in [0.717, 1.165) is 12.3 Å². The van der Waals surface area contributed by atoms with Crippen molar-refractivity contribution in [1.82, 2.24) is 5.32 Å². The van der Waals surface area contributed by atoms with Gasteiger partial charge in [0.15, 0.2) is 0 Å². The fraction of sp³-hybridized carbons (Fsp3) is 0.538. The molecule has 1 unspecified atom stereocenters. The van der Waals surface area contributed by atoms with Crippen molar-refractivity contribution in [2.45, 2.75) is 32.2 Å². The highest BCUT2D eigenvalue weighted by molar-refractivity contribution is 5.40. The van der Waals surface area contributed by atoms with Crippen LogP contribution < -0.4 is 10.1 Å².